The van der Waals surface area contributed by atoms with Crippen LogP contribution < -0.4 is 10.6 Å². The van der Waals surface area contributed by atoms with Gasteiger partial charge in [0.2, 0.25) is 0 Å². The fraction of sp³-hybridized carbons (Fsp3) is 0.156. The van der Waals surface area contributed by atoms with Gasteiger partial charge in [-0.25, -0.2) is 4.98 Å². The number of hydrogen-bond acceptors (Lipinski definition) is 6. The van der Waals surface area contributed by atoms with Crippen LogP contribution in [0.4, 0.5) is 17.2 Å². The van der Waals surface area contributed by atoms with Crippen molar-refractivity contribution in [1.29, 1.82) is 0 Å². The standard InChI is InChI=1S/C32H29N5O5/c1-19-8-4-12-23(16-19)29-31(34-28-20(2)9-5-10-21(28)3)36-15-7-14-25(30(36)35-29)32(40)33-26(18-27(38)39)22-11-6-13-24(17-22)37(41)42/h4-17,26,34H,18H2,1-3H3,(H,33,40)(H,38,39). The molecule has 10 heteroatoms. The molecule has 2 heterocycles. The topological polar surface area (TPSA) is 139 Å². The molecular formula is C32H29N5O5. The first kappa shape index (κ1) is 28.0. The summed E-state index contributed by atoms with van der Waals surface area (Å²) in [6.07, 6.45) is 1.35. The number of pyridine rings is 1. The highest BCUT2D eigenvalue weighted by Crippen LogP contribution is 2.34. The number of nitro benzene ring substituents is 1. The number of imidazole rings is 1. The number of aromatic nitrogens is 2. The van der Waals surface area contributed by atoms with Crippen molar-refractivity contribution in [2.24, 2.45) is 0 Å². The number of carbonyl (C=O) groups excluding carboxylic acids is 1. The van der Waals surface area contributed by atoms with Crippen LogP contribution in [-0.4, -0.2) is 31.3 Å². The van der Waals surface area contributed by atoms with Crippen LogP contribution in [0.5, 0.6) is 0 Å². The number of nitrogens with one attached hydrogen (secondary N) is 2. The van der Waals surface area contributed by atoms with Crippen LogP contribution in [-0.2, 0) is 4.79 Å². The maximum Gasteiger partial charge on any atom is 0.305 e. The lowest BCUT2D eigenvalue weighted by atomic mass is 10.0. The van der Waals surface area contributed by atoms with Gasteiger partial charge in [-0.1, -0.05) is 54.1 Å². The van der Waals surface area contributed by atoms with Crippen LogP contribution in [0.3, 0.4) is 0 Å². The third-order valence-electron chi connectivity index (χ3n) is 7.08. The summed E-state index contributed by atoms with van der Waals surface area (Å²) in [4.78, 5) is 41.1. The molecule has 42 heavy (non-hydrogen) atoms. The molecule has 0 radical (unpaired) electrons. The minimum atomic E-state index is -1.16. The summed E-state index contributed by atoms with van der Waals surface area (Å²) in [5.41, 5.74) is 6.27. The largest absolute Gasteiger partial charge is 0.481 e. The van der Waals surface area contributed by atoms with E-state index in [1.807, 2.05) is 69.4 Å². The molecule has 0 fully saturated rings. The third kappa shape index (κ3) is 5.68. The number of amides is 1. The number of nitro groups is 1. The Morgan fingerprint density at radius 3 is 2.38 bits per heavy atom. The van der Waals surface area contributed by atoms with Gasteiger partial charge < -0.3 is 15.7 Å². The number of carboxylic acids is 1. The highest BCUT2D eigenvalue weighted by atomic mass is 16.6. The maximum absolute atomic E-state index is 13.7. The van der Waals surface area contributed by atoms with Crippen LogP contribution in [0.15, 0.2) is 85.1 Å². The smallest absolute Gasteiger partial charge is 0.305 e. The Morgan fingerprint density at radius 2 is 1.69 bits per heavy atom. The van der Waals surface area contributed by atoms with Crippen molar-refractivity contribution in [1.82, 2.24) is 14.7 Å². The average Bonchev–Trinajstić information content (AvgIpc) is 3.33. The van der Waals surface area contributed by atoms with Crippen LogP contribution >= 0.6 is 0 Å². The van der Waals surface area contributed by atoms with Crippen molar-refractivity contribution in [2.45, 2.75) is 33.2 Å². The molecule has 5 aromatic rings. The van der Waals surface area contributed by atoms with Crippen molar-refractivity contribution >= 4 is 34.7 Å². The fourth-order valence-electron chi connectivity index (χ4n) is 5.01. The number of fused-ring (bicyclic) bond motifs is 1. The Balaban J connectivity index is 1.61. The molecule has 2 aromatic heterocycles. The Bertz CT molecular complexity index is 1820. The summed E-state index contributed by atoms with van der Waals surface area (Å²) in [6, 6.07) is 21.9. The summed E-state index contributed by atoms with van der Waals surface area (Å²) in [5.74, 6) is -1.05. The van der Waals surface area contributed by atoms with E-state index in [2.05, 4.69) is 10.6 Å². The van der Waals surface area contributed by atoms with Gasteiger partial charge in [-0.2, -0.15) is 0 Å². The van der Waals surface area contributed by atoms with Gasteiger partial charge in [0.25, 0.3) is 11.6 Å². The van der Waals surface area contributed by atoms with E-state index < -0.39 is 29.3 Å². The molecule has 0 aliphatic rings. The minimum absolute atomic E-state index is 0.197. The molecule has 10 nitrogen and oxygen atoms in total. The number of carboxylic acid groups (broad SMARTS) is 1. The number of benzene rings is 3. The Hall–Kier alpha value is -5.51. The maximum atomic E-state index is 13.7. The molecule has 5 rings (SSSR count). The van der Waals surface area contributed by atoms with E-state index in [4.69, 9.17) is 4.98 Å². The first-order chi connectivity index (χ1) is 20.1. The quantitative estimate of drug-likeness (QED) is 0.137. The molecule has 1 atom stereocenters. The van der Waals surface area contributed by atoms with Crippen LogP contribution in [0.1, 0.15) is 45.1 Å². The number of rotatable bonds is 9. The summed E-state index contributed by atoms with van der Waals surface area (Å²) >= 11 is 0. The number of para-hydroxylation sites is 1. The monoisotopic (exact) mass is 563 g/mol. The van der Waals surface area contributed by atoms with Crippen molar-refractivity contribution in [3.63, 3.8) is 0 Å². The summed E-state index contributed by atoms with van der Waals surface area (Å²) < 4.78 is 1.80. The Labute approximate surface area is 241 Å². The van der Waals surface area contributed by atoms with Crippen molar-refractivity contribution < 1.29 is 19.6 Å². The molecule has 0 spiro atoms. The van der Waals surface area contributed by atoms with E-state index in [0.29, 0.717) is 22.7 Å². The Kier molecular flexibility index (Phi) is 7.70. The molecule has 3 aromatic carbocycles. The molecule has 3 N–H and O–H groups in total. The third-order valence-corrected chi connectivity index (χ3v) is 7.08. The average molecular weight is 564 g/mol. The molecule has 0 bridgehead atoms. The minimum Gasteiger partial charge on any atom is -0.481 e. The summed E-state index contributed by atoms with van der Waals surface area (Å²) in [7, 11) is 0. The van der Waals surface area contributed by atoms with Gasteiger partial charge >= 0.3 is 5.97 Å². The van der Waals surface area contributed by atoms with Crippen LogP contribution in [0.25, 0.3) is 16.9 Å². The number of aliphatic carboxylic acids is 1. The van der Waals surface area contributed by atoms with Gasteiger partial charge in [0.05, 0.1) is 22.9 Å². The fourth-order valence-corrected chi connectivity index (χ4v) is 5.01. The lowest BCUT2D eigenvalue weighted by Gasteiger charge is -2.18. The number of anilines is 2. The molecule has 0 aliphatic carbocycles. The number of carbonyl (C=O) groups is 2. The first-order valence-electron chi connectivity index (χ1n) is 13.3. The predicted octanol–water partition coefficient (Wildman–Crippen LogP) is 6.52. The lowest BCUT2D eigenvalue weighted by Crippen LogP contribution is -2.30. The zero-order chi connectivity index (χ0) is 30.0. The van der Waals surface area contributed by atoms with Crippen LogP contribution in [0.2, 0.25) is 0 Å². The first-order valence-corrected chi connectivity index (χ1v) is 13.3. The number of aryl methyl sites for hydroxylation is 3. The number of nitrogens with zero attached hydrogens (tertiary/aromatic N) is 3. The second-order valence-corrected chi connectivity index (χ2v) is 10.2. The zero-order valence-electron chi connectivity index (χ0n) is 23.3. The second-order valence-electron chi connectivity index (χ2n) is 10.2. The molecular weight excluding hydrogens is 534 g/mol. The van der Waals surface area contributed by atoms with Gasteiger partial charge in [-0.15, -0.1) is 0 Å². The Morgan fingerprint density at radius 1 is 0.976 bits per heavy atom. The van der Waals surface area contributed by atoms with Gasteiger partial charge in [-0.3, -0.25) is 24.1 Å². The van der Waals surface area contributed by atoms with Crippen molar-refractivity contribution in [2.75, 3.05) is 5.32 Å². The van der Waals surface area contributed by atoms with E-state index in [1.165, 1.54) is 18.2 Å². The molecule has 0 aliphatic heterocycles. The van der Waals surface area contributed by atoms with Crippen molar-refractivity contribution in [3.8, 4) is 11.3 Å². The summed E-state index contributed by atoms with van der Waals surface area (Å²) in [5, 5.41) is 27.2. The highest BCUT2D eigenvalue weighted by Gasteiger charge is 2.25. The summed E-state index contributed by atoms with van der Waals surface area (Å²) in [6.45, 7) is 6.02. The molecule has 0 saturated carbocycles. The molecule has 0 saturated heterocycles. The van der Waals surface area contributed by atoms with Gasteiger partial charge in [-0.05, 0) is 55.7 Å². The van der Waals surface area contributed by atoms with E-state index in [-0.39, 0.29) is 11.3 Å². The van der Waals surface area contributed by atoms with E-state index >= 15 is 0 Å². The van der Waals surface area contributed by atoms with E-state index in [9.17, 15) is 24.8 Å². The van der Waals surface area contributed by atoms with E-state index in [1.54, 1.807) is 22.6 Å². The van der Waals surface area contributed by atoms with Crippen molar-refractivity contribution in [3.05, 3.63) is 123 Å². The van der Waals surface area contributed by atoms with Gasteiger partial charge in [0, 0.05) is 29.6 Å². The number of hydrogen-bond donors (Lipinski definition) is 3. The SMILES string of the molecule is Cc1cccc(-c2nc3c(C(=O)NC(CC(=O)O)c4cccc([N+](=O)[O-])c4)cccn3c2Nc2c(C)cccc2C)c1. The molecule has 1 unspecified atom stereocenters. The highest BCUT2D eigenvalue weighted by molar-refractivity contribution is 6.01. The van der Waals surface area contributed by atoms with Crippen LogP contribution in [0, 0.1) is 30.9 Å². The number of non-ortho nitro benzene ring substituents is 1. The second kappa shape index (κ2) is 11.5. The molecule has 1 amide bonds. The van der Waals surface area contributed by atoms with Gasteiger partial charge in [0.1, 0.15) is 11.5 Å². The van der Waals surface area contributed by atoms with E-state index in [0.717, 1.165) is 27.9 Å². The predicted molar refractivity (Wildman–Crippen MR) is 160 cm³/mol. The van der Waals surface area contributed by atoms with Gasteiger partial charge in [0.15, 0.2) is 5.65 Å². The molecule has 212 valence electrons. The lowest BCUT2D eigenvalue weighted by molar-refractivity contribution is -0.384. The normalized spacial score (nSPS) is 11.7. The zero-order valence-corrected chi connectivity index (χ0v) is 23.3.